The number of para-hydroxylation sites is 2. The van der Waals surface area contributed by atoms with Crippen LogP contribution in [0.25, 0.3) is 0 Å². The maximum Gasteiger partial charge on any atom is 0.387 e. The minimum absolute atomic E-state index is 0.0732. The molecule has 2 fully saturated rings. The Morgan fingerprint density at radius 3 is 2.62 bits per heavy atom. The number of aliphatic hydroxyl groups is 1. The van der Waals surface area contributed by atoms with E-state index >= 15 is 0 Å². The molecule has 2 atom stereocenters. The first-order chi connectivity index (χ1) is 15.5. The highest BCUT2D eigenvalue weighted by molar-refractivity contribution is 5.93. The van der Waals surface area contributed by atoms with Crippen LogP contribution in [-0.4, -0.2) is 65.2 Å². The largest absolute Gasteiger partial charge is 0.433 e. The maximum absolute atomic E-state index is 12.6. The van der Waals surface area contributed by atoms with E-state index in [-0.39, 0.29) is 29.4 Å². The molecule has 0 saturated carbocycles. The average Bonchev–Trinajstić information content (AvgIpc) is 3.16. The van der Waals surface area contributed by atoms with Crippen LogP contribution >= 0.6 is 0 Å². The van der Waals surface area contributed by atoms with Crippen LogP contribution < -0.4 is 10.1 Å². The van der Waals surface area contributed by atoms with E-state index in [1.54, 1.807) is 12.1 Å². The minimum Gasteiger partial charge on any atom is -0.433 e. The fourth-order valence-electron chi connectivity index (χ4n) is 4.99. The molecule has 2 N–H and O–H groups in total. The Morgan fingerprint density at radius 1 is 1.12 bits per heavy atom. The van der Waals surface area contributed by atoms with Gasteiger partial charge in [0.25, 0.3) is 0 Å². The van der Waals surface area contributed by atoms with Crippen molar-refractivity contribution in [3.05, 3.63) is 60.2 Å². The molecule has 0 aromatic heterocycles. The first kappa shape index (κ1) is 22.6. The summed E-state index contributed by atoms with van der Waals surface area (Å²) in [5, 5.41) is 13.8. The fourth-order valence-corrected chi connectivity index (χ4v) is 4.99. The number of ether oxygens (including phenoxy) is 1. The molecule has 0 unspecified atom stereocenters. The van der Waals surface area contributed by atoms with Crippen LogP contribution in [0.15, 0.2) is 54.6 Å². The third-order valence-corrected chi connectivity index (χ3v) is 6.54. The summed E-state index contributed by atoms with van der Waals surface area (Å²) in [7, 11) is 0. The van der Waals surface area contributed by atoms with Gasteiger partial charge in [0.05, 0.1) is 18.3 Å². The Kier molecular flexibility index (Phi) is 7.03. The number of rotatable bonds is 7. The molecule has 0 aliphatic carbocycles. The highest BCUT2D eigenvalue weighted by Crippen LogP contribution is 2.39. The Hall–Kier alpha value is -2.55. The van der Waals surface area contributed by atoms with Crippen LogP contribution in [0.4, 0.5) is 14.5 Å². The lowest BCUT2D eigenvalue weighted by Gasteiger charge is -2.48. The van der Waals surface area contributed by atoms with Crippen molar-refractivity contribution in [1.82, 2.24) is 9.80 Å². The van der Waals surface area contributed by atoms with Crippen LogP contribution in [0.2, 0.25) is 0 Å². The number of carbonyl (C=O) groups is 1. The van der Waals surface area contributed by atoms with Gasteiger partial charge in [0, 0.05) is 25.2 Å². The van der Waals surface area contributed by atoms with Crippen LogP contribution in [0.1, 0.15) is 24.8 Å². The molecule has 2 heterocycles. The van der Waals surface area contributed by atoms with Gasteiger partial charge < -0.3 is 15.2 Å². The molecule has 2 aliphatic rings. The van der Waals surface area contributed by atoms with E-state index in [2.05, 4.69) is 27.1 Å². The quantitative estimate of drug-likeness (QED) is 0.685. The monoisotopic (exact) mass is 445 g/mol. The van der Waals surface area contributed by atoms with E-state index in [9.17, 15) is 18.7 Å². The molecule has 2 aromatic rings. The van der Waals surface area contributed by atoms with Crippen LogP contribution in [-0.2, 0) is 11.3 Å². The summed E-state index contributed by atoms with van der Waals surface area (Å²) < 4.78 is 29.7. The third-order valence-electron chi connectivity index (χ3n) is 6.54. The molecule has 0 radical (unpaired) electrons. The highest BCUT2D eigenvalue weighted by atomic mass is 19.3. The lowest BCUT2D eigenvalue weighted by atomic mass is 9.82. The number of carbonyl (C=O) groups excluding carboxylic acids is 1. The van der Waals surface area contributed by atoms with Crippen molar-refractivity contribution in [3.63, 3.8) is 0 Å². The van der Waals surface area contributed by atoms with Crippen LogP contribution in [0, 0.1) is 0 Å². The Bertz CT molecular complexity index is 914. The SMILES string of the molecule is O=C(CN1CC[C@@]2(CCCN2Cc2ccccc2)[C@@H](O)C1)Nc1ccccc1OC(F)F. The molecule has 6 nitrogen and oxygen atoms in total. The first-order valence-corrected chi connectivity index (χ1v) is 11.0. The van der Waals surface area contributed by atoms with Gasteiger partial charge in [-0.2, -0.15) is 8.78 Å². The van der Waals surface area contributed by atoms with Gasteiger partial charge >= 0.3 is 6.61 Å². The molecular formula is C24H29F2N3O3. The Balaban J connectivity index is 1.35. The van der Waals surface area contributed by atoms with Gasteiger partial charge in [0.1, 0.15) is 5.75 Å². The molecule has 32 heavy (non-hydrogen) atoms. The van der Waals surface area contributed by atoms with Gasteiger partial charge in [0.2, 0.25) is 5.91 Å². The van der Waals surface area contributed by atoms with E-state index < -0.39 is 12.7 Å². The number of hydrogen-bond acceptors (Lipinski definition) is 5. The number of nitrogens with one attached hydrogen (secondary N) is 1. The minimum atomic E-state index is -2.97. The summed E-state index contributed by atoms with van der Waals surface area (Å²) in [6.07, 6.45) is 2.20. The lowest BCUT2D eigenvalue weighted by Crippen LogP contribution is -2.61. The number of amides is 1. The van der Waals surface area contributed by atoms with E-state index in [0.29, 0.717) is 13.1 Å². The summed E-state index contributed by atoms with van der Waals surface area (Å²) in [4.78, 5) is 16.9. The van der Waals surface area contributed by atoms with Crippen molar-refractivity contribution in [2.75, 3.05) is 31.5 Å². The zero-order valence-corrected chi connectivity index (χ0v) is 17.9. The van der Waals surface area contributed by atoms with Crippen molar-refractivity contribution in [2.24, 2.45) is 0 Å². The fraction of sp³-hybridized carbons (Fsp3) is 0.458. The van der Waals surface area contributed by atoms with Crippen LogP contribution in [0.3, 0.4) is 0 Å². The molecule has 0 bridgehead atoms. The zero-order valence-electron chi connectivity index (χ0n) is 17.9. The van der Waals surface area contributed by atoms with Crippen molar-refractivity contribution in [3.8, 4) is 5.75 Å². The molecule has 8 heteroatoms. The van der Waals surface area contributed by atoms with E-state index in [1.165, 1.54) is 17.7 Å². The van der Waals surface area contributed by atoms with Gasteiger partial charge in [-0.25, -0.2) is 0 Å². The number of alkyl halides is 2. The molecular weight excluding hydrogens is 416 g/mol. The highest BCUT2D eigenvalue weighted by Gasteiger charge is 2.49. The maximum atomic E-state index is 12.6. The smallest absolute Gasteiger partial charge is 0.387 e. The number of anilines is 1. The second-order valence-corrected chi connectivity index (χ2v) is 8.54. The van der Waals surface area contributed by atoms with Gasteiger partial charge in [-0.1, -0.05) is 42.5 Å². The van der Waals surface area contributed by atoms with Gasteiger partial charge in [-0.05, 0) is 43.5 Å². The summed E-state index contributed by atoms with van der Waals surface area (Å²) in [5.41, 5.74) is 1.17. The number of benzene rings is 2. The standard InChI is InChI=1S/C24H29F2N3O3/c25-23(26)32-20-10-5-4-9-19(20)27-22(31)17-28-14-12-24(21(30)16-28)11-6-13-29(24)15-18-7-2-1-3-8-18/h1-5,7-10,21,23,30H,6,11-17H2,(H,27,31)/t21-,24-/m0/s1. The summed E-state index contributed by atoms with van der Waals surface area (Å²) in [5.74, 6) is -0.401. The third kappa shape index (κ3) is 5.09. The topological polar surface area (TPSA) is 65.0 Å². The van der Waals surface area contributed by atoms with E-state index in [1.807, 2.05) is 23.1 Å². The number of β-amino-alcohol motifs (C(OH)–C–C–N with tert-alkyl or cyclic N) is 1. The molecule has 1 spiro atoms. The second-order valence-electron chi connectivity index (χ2n) is 8.54. The van der Waals surface area contributed by atoms with Crippen molar-refractivity contribution < 1.29 is 23.4 Å². The summed E-state index contributed by atoms with van der Waals surface area (Å²) in [6, 6.07) is 16.4. The van der Waals surface area contributed by atoms with Crippen molar-refractivity contribution in [1.29, 1.82) is 0 Å². The molecule has 4 rings (SSSR count). The Morgan fingerprint density at radius 2 is 1.88 bits per heavy atom. The van der Waals surface area contributed by atoms with Crippen LogP contribution in [0.5, 0.6) is 5.75 Å². The zero-order chi connectivity index (χ0) is 22.6. The lowest BCUT2D eigenvalue weighted by molar-refractivity contribution is -0.120. The summed E-state index contributed by atoms with van der Waals surface area (Å²) in [6.45, 7) is -0.0490. The first-order valence-electron chi connectivity index (χ1n) is 11.0. The average molecular weight is 446 g/mol. The van der Waals surface area contributed by atoms with E-state index in [4.69, 9.17) is 0 Å². The molecule has 172 valence electrons. The number of aliphatic hydroxyl groups excluding tert-OH is 1. The van der Waals surface area contributed by atoms with Gasteiger partial charge in [-0.3, -0.25) is 14.6 Å². The molecule has 2 aliphatic heterocycles. The molecule has 1 amide bonds. The summed E-state index contributed by atoms with van der Waals surface area (Å²) >= 11 is 0. The van der Waals surface area contributed by atoms with Gasteiger partial charge in [0.15, 0.2) is 0 Å². The van der Waals surface area contributed by atoms with E-state index in [0.717, 1.165) is 32.4 Å². The molecule has 2 saturated heterocycles. The number of nitrogens with zero attached hydrogens (tertiary/aromatic N) is 2. The number of hydrogen-bond donors (Lipinski definition) is 2. The number of halogens is 2. The molecule has 2 aromatic carbocycles. The van der Waals surface area contributed by atoms with Crippen molar-refractivity contribution >= 4 is 11.6 Å². The predicted octanol–water partition coefficient (Wildman–Crippen LogP) is 3.33. The van der Waals surface area contributed by atoms with Crippen molar-refractivity contribution in [2.45, 2.75) is 44.1 Å². The predicted molar refractivity (Wildman–Crippen MR) is 118 cm³/mol. The second kappa shape index (κ2) is 9.94. The van der Waals surface area contributed by atoms with Gasteiger partial charge in [-0.15, -0.1) is 0 Å². The number of piperidine rings is 1. The Labute approximate surface area is 186 Å². The normalized spacial score (nSPS) is 24.2. The number of likely N-dealkylation sites (tertiary alicyclic amines) is 2.